The molecule has 17 heavy (non-hydrogen) atoms. The molecule has 92 valence electrons. The van der Waals surface area contributed by atoms with Gasteiger partial charge in [0.1, 0.15) is 0 Å². The molecule has 1 unspecified atom stereocenters. The van der Waals surface area contributed by atoms with Crippen molar-refractivity contribution in [3.8, 4) is 0 Å². The Morgan fingerprint density at radius 3 is 2.94 bits per heavy atom. The summed E-state index contributed by atoms with van der Waals surface area (Å²) in [6.07, 6.45) is 8.07. The zero-order valence-corrected chi connectivity index (χ0v) is 11.2. The molecular weight excluding hydrogens is 226 g/mol. The molecule has 1 nitrogen and oxygen atoms in total. The first-order chi connectivity index (χ1) is 8.42. The highest BCUT2D eigenvalue weighted by molar-refractivity contribution is 7.99. The van der Waals surface area contributed by atoms with Gasteiger partial charge in [0.2, 0.25) is 0 Å². The van der Waals surface area contributed by atoms with E-state index in [1.807, 2.05) is 11.8 Å². The minimum Gasteiger partial charge on any atom is -0.313 e. The van der Waals surface area contributed by atoms with Crippen LogP contribution in [0, 0.1) is 0 Å². The van der Waals surface area contributed by atoms with Crippen molar-refractivity contribution in [2.45, 2.75) is 49.5 Å². The lowest BCUT2D eigenvalue weighted by atomic mass is 10.1. The first-order valence-corrected chi connectivity index (χ1v) is 7.88. The van der Waals surface area contributed by atoms with E-state index in [4.69, 9.17) is 0 Å². The molecule has 1 aromatic carbocycles. The maximum atomic E-state index is 3.62. The second-order valence-corrected chi connectivity index (χ2v) is 6.34. The third-order valence-corrected chi connectivity index (χ3v) is 5.09. The van der Waals surface area contributed by atoms with Gasteiger partial charge in [0.25, 0.3) is 0 Å². The van der Waals surface area contributed by atoms with E-state index in [9.17, 15) is 0 Å². The van der Waals surface area contributed by atoms with E-state index >= 15 is 0 Å². The molecule has 0 bridgehead atoms. The molecule has 0 spiro atoms. The number of aryl methyl sites for hydroxylation is 2. The van der Waals surface area contributed by atoms with Crippen LogP contribution in [0.25, 0.3) is 0 Å². The van der Waals surface area contributed by atoms with Crippen LogP contribution in [0.2, 0.25) is 0 Å². The minimum atomic E-state index is 0.738. The second-order valence-electron chi connectivity index (χ2n) is 5.24. The Kier molecular flexibility index (Phi) is 3.72. The van der Waals surface area contributed by atoms with Crippen LogP contribution in [0.5, 0.6) is 0 Å². The molecule has 3 rings (SSSR count). The molecule has 1 heterocycles. The molecule has 2 aliphatic rings. The van der Waals surface area contributed by atoms with Crippen LogP contribution in [0.4, 0.5) is 0 Å². The lowest BCUT2D eigenvalue weighted by molar-refractivity contribution is 0.430. The molecule has 1 aliphatic carbocycles. The van der Waals surface area contributed by atoms with E-state index in [1.165, 1.54) is 55.7 Å². The van der Waals surface area contributed by atoms with E-state index in [-0.39, 0.29) is 0 Å². The molecule has 0 radical (unpaired) electrons. The number of hydrogen-bond donors (Lipinski definition) is 1. The third kappa shape index (κ3) is 2.86. The summed E-state index contributed by atoms with van der Waals surface area (Å²) in [6.45, 7) is 1.22. The molecule has 0 saturated carbocycles. The summed E-state index contributed by atoms with van der Waals surface area (Å²) >= 11 is 2.03. The first-order valence-electron chi connectivity index (χ1n) is 6.90. The number of rotatable bonds is 3. The maximum Gasteiger partial charge on any atom is 0.0161 e. The van der Waals surface area contributed by atoms with Crippen LogP contribution in [-0.4, -0.2) is 18.3 Å². The van der Waals surface area contributed by atoms with Crippen molar-refractivity contribution in [3.05, 3.63) is 29.3 Å². The molecule has 1 atom stereocenters. The molecular formula is C15H21NS. The average Bonchev–Trinajstić information content (AvgIpc) is 2.85. The van der Waals surface area contributed by atoms with Crippen molar-refractivity contribution in [2.24, 2.45) is 0 Å². The minimum absolute atomic E-state index is 0.738. The van der Waals surface area contributed by atoms with Crippen LogP contribution >= 0.6 is 11.8 Å². The highest BCUT2D eigenvalue weighted by Gasteiger charge is 2.14. The topological polar surface area (TPSA) is 12.0 Å². The second kappa shape index (κ2) is 5.45. The van der Waals surface area contributed by atoms with Crippen molar-refractivity contribution in [1.82, 2.24) is 5.32 Å². The summed E-state index contributed by atoms with van der Waals surface area (Å²) < 4.78 is 0. The van der Waals surface area contributed by atoms with Gasteiger partial charge in [-0.15, -0.1) is 11.8 Å². The molecule has 1 aliphatic heterocycles. The Balaban J connectivity index is 1.57. The van der Waals surface area contributed by atoms with Crippen molar-refractivity contribution in [2.75, 3.05) is 12.3 Å². The summed E-state index contributed by atoms with van der Waals surface area (Å²) in [4.78, 5) is 1.47. The monoisotopic (exact) mass is 247 g/mol. The van der Waals surface area contributed by atoms with E-state index in [0.717, 1.165) is 6.04 Å². The quantitative estimate of drug-likeness (QED) is 0.822. The normalized spacial score (nSPS) is 23.6. The molecule has 1 N–H and O–H groups in total. The maximum absolute atomic E-state index is 3.62. The Morgan fingerprint density at radius 2 is 2.06 bits per heavy atom. The zero-order chi connectivity index (χ0) is 11.5. The number of benzene rings is 1. The van der Waals surface area contributed by atoms with Crippen molar-refractivity contribution in [3.63, 3.8) is 0 Å². The SMILES string of the molecule is c1cc2c(cc1SCC1CCCCN1)CCC2. The predicted octanol–water partition coefficient (Wildman–Crippen LogP) is 3.41. The number of hydrogen-bond acceptors (Lipinski definition) is 2. The smallest absolute Gasteiger partial charge is 0.0161 e. The number of nitrogens with one attached hydrogen (secondary N) is 1. The zero-order valence-electron chi connectivity index (χ0n) is 10.4. The highest BCUT2D eigenvalue weighted by Crippen LogP contribution is 2.28. The fraction of sp³-hybridized carbons (Fsp3) is 0.600. The van der Waals surface area contributed by atoms with Gasteiger partial charge in [-0.25, -0.2) is 0 Å². The summed E-state index contributed by atoms with van der Waals surface area (Å²) in [6, 6.07) is 7.83. The fourth-order valence-electron chi connectivity index (χ4n) is 2.90. The van der Waals surface area contributed by atoms with Gasteiger partial charge in [-0.1, -0.05) is 12.5 Å². The molecule has 2 heteroatoms. The summed E-state index contributed by atoms with van der Waals surface area (Å²) in [7, 11) is 0. The van der Waals surface area contributed by atoms with Gasteiger partial charge < -0.3 is 5.32 Å². The molecule has 1 saturated heterocycles. The number of fused-ring (bicyclic) bond motifs is 1. The standard InChI is InChI=1S/C15H21NS/c1-2-9-16-14(6-1)11-17-15-8-7-12-4-3-5-13(12)10-15/h7-8,10,14,16H,1-6,9,11H2. The summed E-state index contributed by atoms with van der Waals surface area (Å²) in [5.41, 5.74) is 3.19. The van der Waals surface area contributed by atoms with E-state index < -0.39 is 0 Å². The molecule has 0 aromatic heterocycles. The Labute approximate surface area is 108 Å². The Bertz CT molecular complexity index is 383. The molecule has 0 amide bonds. The summed E-state index contributed by atoms with van der Waals surface area (Å²) in [5, 5.41) is 3.62. The third-order valence-electron chi connectivity index (χ3n) is 3.93. The number of piperidine rings is 1. The Hall–Kier alpha value is -0.470. The van der Waals surface area contributed by atoms with Crippen molar-refractivity contribution >= 4 is 11.8 Å². The van der Waals surface area contributed by atoms with Gasteiger partial charge in [-0.3, -0.25) is 0 Å². The molecule has 1 aromatic rings. The lowest BCUT2D eigenvalue weighted by Crippen LogP contribution is -2.35. The van der Waals surface area contributed by atoms with Gasteiger partial charge in [0, 0.05) is 16.7 Å². The van der Waals surface area contributed by atoms with E-state index in [1.54, 1.807) is 11.1 Å². The Morgan fingerprint density at radius 1 is 1.12 bits per heavy atom. The van der Waals surface area contributed by atoms with Crippen LogP contribution in [-0.2, 0) is 12.8 Å². The van der Waals surface area contributed by atoms with Crippen LogP contribution in [0.3, 0.4) is 0 Å². The fourth-order valence-corrected chi connectivity index (χ4v) is 3.97. The van der Waals surface area contributed by atoms with Crippen LogP contribution < -0.4 is 5.32 Å². The number of thioether (sulfide) groups is 1. The first kappa shape index (κ1) is 11.6. The van der Waals surface area contributed by atoms with Crippen molar-refractivity contribution in [1.29, 1.82) is 0 Å². The van der Waals surface area contributed by atoms with Gasteiger partial charge >= 0.3 is 0 Å². The van der Waals surface area contributed by atoms with Gasteiger partial charge in [-0.05, 0) is 61.9 Å². The van der Waals surface area contributed by atoms with Gasteiger partial charge in [0.15, 0.2) is 0 Å². The van der Waals surface area contributed by atoms with Crippen LogP contribution in [0.15, 0.2) is 23.1 Å². The van der Waals surface area contributed by atoms with Crippen LogP contribution in [0.1, 0.15) is 36.8 Å². The van der Waals surface area contributed by atoms with Crippen molar-refractivity contribution < 1.29 is 0 Å². The lowest BCUT2D eigenvalue weighted by Gasteiger charge is -2.23. The van der Waals surface area contributed by atoms with Gasteiger partial charge in [0.05, 0.1) is 0 Å². The predicted molar refractivity (Wildman–Crippen MR) is 74.8 cm³/mol. The largest absolute Gasteiger partial charge is 0.313 e. The van der Waals surface area contributed by atoms with E-state index in [2.05, 4.69) is 23.5 Å². The van der Waals surface area contributed by atoms with Gasteiger partial charge in [-0.2, -0.15) is 0 Å². The summed E-state index contributed by atoms with van der Waals surface area (Å²) in [5.74, 6) is 1.23. The average molecular weight is 247 g/mol. The highest BCUT2D eigenvalue weighted by atomic mass is 32.2. The molecule has 1 fully saturated rings. The van der Waals surface area contributed by atoms with E-state index in [0.29, 0.717) is 0 Å².